The van der Waals surface area contributed by atoms with Gasteiger partial charge in [-0.15, -0.1) is 0 Å². The van der Waals surface area contributed by atoms with Crippen molar-refractivity contribution in [3.05, 3.63) is 63.3 Å². The summed E-state index contributed by atoms with van der Waals surface area (Å²) < 4.78 is 15.4. The Hall–Kier alpha value is -3.03. The van der Waals surface area contributed by atoms with Gasteiger partial charge in [0.1, 0.15) is 11.7 Å². The van der Waals surface area contributed by atoms with Crippen LogP contribution in [-0.2, 0) is 24.2 Å². The summed E-state index contributed by atoms with van der Waals surface area (Å²) in [5.41, 5.74) is 2.17. The average Bonchev–Trinajstić information content (AvgIpc) is 3.53. The van der Waals surface area contributed by atoms with E-state index >= 15 is 0 Å². The SMILES string of the molecule is O=C(Cc1ccccn1)N1CCc2c(cn(C3CC3)c(=O)c2C(=O)N2CC[C@@H](F)C2)C1. The second-order valence-electron chi connectivity index (χ2n) is 8.65. The normalized spacial score (nSPS) is 20.6. The zero-order valence-corrected chi connectivity index (χ0v) is 17.3. The van der Waals surface area contributed by atoms with Gasteiger partial charge in [-0.3, -0.25) is 19.4 Å². The van der Waals surface area contributed by atoms with E-state index in [1.165, 1.54) is 4.90 Å². The van der Waals surface area contributed by atoms with Gasteiger partial charge in [0.2, 0.25) is 5.91 Å². The number of carbonyl (C=O) groups excluding carboxylic acids is 2. The van der Waals surface area contributed by atoms with Gasteiger partial charge >= 0.3 is 0 Å². The van der Waals surface area contributed by atoms with Crippen molar-refractivity contribution in [3.63, 3.8) is 0 Å². The maximum absolute atomic E-state index is 13.7. The second kappa shape index (κ2) is 7.90. The Morgan fingerprint density at radius 3 is 2.65 bits per heavy atom. The zero-order chi connectivity index (χ0) is 21.5. The summed E-state index contributed by atoms with van der Waals surface area (Å²) in [7, 11) is 0. The van der Waals surface area contributed by atoms with E-state index < -0.39 is 6.17 Å². The highest BCUT2D eigenvalue weighted by atomic mass is 19.1. The summed E-state index contributed by atoms with van der Waals surface area (Å²) in [5, 5.41) is 0. The van der Waals surface area contributed by atoms with Gasteiger partial charge in [-0.1, -0.05) is 6.07 Å². The predicted molar refractivity (Wildman–Crippen MR) is 111 cm³/mol. The van der Waals surface area contributed by atoms with Crippen LogP contribution in [0.1, 0.15) is 52.5 Å². The van der Waals surface area contributed by atoms with Crippen molar-refractivity contribution >= 4 is 11.8 Å². The van der Waals surface area contributed by atoms with Gasteiger partial charge in [-0.2, -0.15) is 0 Å². The van der Waals surface area contributed by atoms with Crippen molar-refractivity contribution in [1.29, 1.82) is 0 Å². The number of likely N-dealkylation sites (tertiary alicyclic amines) is 1. The number of halogens is 1. The molecule has 0 spiro atoms. The number of aromatic nitrogens is 2. The van der Waals surface area contributed by atoms with E-state index in [1.807, 2.05) is 24.4 Å². The third-order valence-electron chi connectivity index (χ3n) is 6.41. The Bertz CT molecular complexity index is 1080. The van der Waals surface area contributed by atoms with Gasteiger partial charge in [-0.25, -0.2) is 4.39 Å². The van der Waals surface area contributed by atoms with E-state index in [1.54, 1.807) is 15.7 Å². The minimum absolute atomic E-state index is 0.0267. The number of pyridine rings is 2. The first-order chi connectivity index (χ1) is 15.0. The second-order valence-corrected chi connectivity index (χ2v) is 8.65. The van der Waals surface area contributed by atoms with E-state index in [-0.39, 0.29) is 41.9 Å². The molecule has 2 aromatic heterocycles. The first-order valence-corrected chi connectivity index (χ1v) is 10.9. The van der Waals surface area contributed by atoms with Crippen molar-refractivity contribution in [2.75, 3.05) is 19.6 Å². The number of hydrogen-bond acceptors (Lipinski definition) is 4. The smallest absolute Gasteiger partial charge is 0.263 e. The standard InChI is InChI=1S/C23H25FN4O3/c24-16-6-9-27(14-16)22(30)21-19-7-10-26(20(29)11-17-3-1-2-8-25-17)12-15(19)13-28(23(21)31)18-4-5-18/h1-3,8,13,16,18H,4-7,9-12,14H2/t16-/m1/s1. The molecular weight excluding hydrogens is 399 g/mol. The van der Waals surface area contributed by atoms with Gasteiger partial charge in [-0.05, 0) is 48.9 Å². The van der Waals surface area contributed by atoms with E-state index in [4.69, 9.17) is 0 Å². The first-order valence-electron chi connectivity index (χ1n) is 10.9. The van der Waals surface area contributed by atoms with E-state index in [0.717, 1.165) is 24.0 Å². The minimum Gasteiger partial charge on any atom is -0.338 e. The summed E-state index contributed by atoms with van der Waals surface area (Å²) in [6.45, 7) is 1.18. The van der Waals surface area contributed by atoms with E-state index in [0.29, 0.717) is 38.2 Å². The summed E-state index contributed by atoms with van der Waals surface area (Å²) in [5.74, 6) is -0.397. The molecule has 7 nitrogen and oxygen atoms in total. The predicted octanol–water partition coefficient (Wildman–Crippen LogP) is 1.89. The fourth-order valence-corrected chi connectivity index (χ4v) is 4.56. The molecule has 1 atom stereocenters. The number of carbonyl (C=O) groups is 2. The molecule has 162 valence electrons. The van der Waals surface area contributed by atoms with Gasteiger partial charge < -0.3 is 14.4 Å². The number of rotatable bonds is 4. The molecule has 2 amide bonds. The van der Waals surface area contributed by atoms with E-state index in [9.17, 15) is 18.8 Å². The van der Waals surface area contributed by atoms with Crippen LogP contribution < -0.4 is 5.56 Å². The van der Waals surface area contributed by atoms with Gasteiger partial charge in [0.15, 0.2) is 0 Å². The lowest BCUT2D eigenvalue weighted by atomic mass is 9.95. The van der Waals surface area contributed by atoms with Crippen LogP contribution in [0.15, 0.2) is 35.4 Å². The van der Waals surface area contributed by atoms with Gasteiger partial charge in [0.25, 0.3) is 11.5 Å². The molecule has 0 bridgehead atoms. The average molecular weight is 424 g/mol. The number of amides is 2. The van der Waals surface area contributed by atoms with Crippen molar-refractivity contribution in [2.45, 2.75) is 50.9 Å². The molecule has 0 unspecified atom stereocenters. The lowest BCUT2D eigenvalue weighted by Gasteiger charge is -2.31. The fraction of sp³-hybridized carbons (Fsp3) is 0.478. The Morgan fingerprint density at radius 2 is 1.97 bits per heavy atom. The largest absolute Gasteiger partial charge is 0.338 e. The maximum Gasteiger partial charge on any atom is 0.263 e. The fourth-order valence-electron chi connectivity index (χ4n) is 4.56. The summed E-state index contributed by atoms with van der Waals surface area (Å²) in [6.07, 6.45) is 5.25. The van der Waals surface area contributed by atoms with Crippen LogP contribution in [0.3, 0.4) is 0 Å². The van der Waals surface area contributed by atoms with Crippen LogP contribution in [0.4, 0.5) is 4.39 Å². The monoisotopic (exact) mass is 424 g/mol. The summed E-state index contributed by atoms with van der Waals surface area (Å²) in [6, 6.07) is 5.60. The Balaban J connectivity index is 1.45. The van der Waals surface area contributed by atoms with Crippen LogP contribution in [0, 0.1) is 0 Å². The van der Waals surface area contributed by atoms with Crippen LogP contribution in [0.5, 0.6) is 0 Å². The Labute approximate surface area is 179 Å². The Kier molecular flexibility index (Phi) is 5.08. The molecule has 31 heavy (non-hydrogen) atoms. The van der Waals surface area contributed by atoms with Crippen molar-refractivity contribution in [1.82, 2.24) is 19.4 Å². The van der Waals surface area contributed by atoms with Crippen LogP contribution in [0.2, 0.25) is 0 Å². The highest BCUT2D eigenvalue weighted by molar-refractivity contribution is 5.96. The molecule has 0 N–H and O–H groups in total. The van der Waals surface area contributed by atoms with Crippen LogP contribution in [0.25, 0.3) is 0 Å². The molecule has 2 aliphatic heterocycles. The molecule has 2 aromatic rings. The quantitative estimate of drug-likeness (QED) is 0.751. The lowest BCUT2D eigenvalue weighted by Crippen LogP contribution is -2.42. The number of hydrogen-bond donors (Lipinski definition) is 0. The number of nitrogens with zero attached hydrogens (tertiary/aromatic N) is 4. The molecule has 8 heteroatoms. The molecule has 5 rings (SSSR count). The summed E-state index contributed by atoms with van der Waals surface area (Å²) in [4.78, 5) is 46.7. The molecule has 1 aliphatic carbocycles. The minimum atomic E-state index is -1.03. The number of fused-ring (bicyclic) bond motifs is 1. The Morgan fingerprint density at radius 1 is 1.13 bits per heavy atom. The maximum atomic E-state index is 13.7. The topological polar surface area (TPSA) is 75.5 Å². The summed E-state index contributed by atoms with van der Waals surface area (Å²) >= 11 is 0. The highest BCUT2D eigenvalue weighted by Gasteiger charge is 2.35. The first kappa shape index (κ1) is 19.9. The molecule has 4 heterocycles. The third-order valence-corrected chi connectivity index (χ3v) is 6.41. The van der Waals surface area contributed by atoms with Crippen LogP contribution in [-0.4, -0.2) is 57.0 Å². The molecule has 3 aliphatic rings. The van der Waals surface area contributed by atoms with Crippen molar-refractivity contribution < 1.29 is 14.0 Å². The highest BCUT2D eigenvalue weighted by Crippen LogP contribution is 2.35. The lowest BCUT2D eigenvalue weighted by molar-refractivity contribution is -0.131. The van der Waals surface area contributed by atoms with Gasteiger partial charge in [0, 0.05) is 43.8 Å². The number of alkyl halides is 1. The third kappa shape index (κ3) is 3.86. The zero-order valence-electron chi connectivity index (χ0n) is 17.3. The molecule has 0 radical (unpaired) electrons. The molecule has 0 aromatic carbocycles. The molecular formula is C23H25FN4O3. The molecule has 1 saturated heterocycles. The van der Waals surface area contributed by atoms with Gasteiger partial charge in [0.05, 0.1) is 13.0 Å². The van der Waals surface area contributed by atoms with Crippen molar-refractivity contribution in [2.24, 2.45) is 0 Å². The van der Waals surface area contributed by atoms with Crippen molar-refractivity contribution in [3.8, 4) is 0 Å². The molecule has 2 fully saturated rings. The van der Waals surface area contributed by atoms with E-state index in [2.05, 4.69) is 4.98 Å². The molecule has 1 saturated carbocycles. The van der Waals surface area contributed by atoms with Crippen LogP contribution >= 0.6 is 0 Å².